The second-order valence-corrected chi connectivity index (χ2v) is 4.84. The molecule has 1 aromatic rings. The fraction of sp³-hybridized carbons (Fsp3) is 0.500. The van der Waals surface area contributed by atoms with E-state index in [1.807, 2.05) is 26.0 Å². The number of carbonyl (C=O) groups is 1. The highest BCUT2D eigenvalue weighted by atomic mass is 35.5. The number of aromatic nitrogens is 1. The Morgan fingerprint density at radius 2 is 2.25 bits per heavy atom. The summed E-state index contributed by atoms with van der Waals surface area (Å²) in [7, 11) is 0. The lowest BCUT2D eigenvalue weighted by molar-refractivity contribution is 0.0792. The summed E-state index contributed by atoms with van der Waals surface area (Å²) in [5, 5.41) is 0.0997. The fourth-order valence-corrected chi connectivity index (χ4v) is 2.25. The standard InChI is InChI=1S/C12H15ClN2O/c1-8-3-4-11(9(2)14-8)12(16)15-6-5-10(13)7-15/h3-4,10H,5-7H2,1-2H3. The Bertz CT molecular complexity index is 419. The quantitative estimate of drug-likeness (QED) is 0.703. The van der Waals surface area contributed by atoms with Gasteiger partial charge in [0.2, 0.25) is 0 Å². The first-order chi connectivity index (χ1) is 7.58. The molecule has 1 atom stereocenters. The molecule has 1 amide bonds. The summed E-state index contributed by atoms with van der Waals surface area (Å²) in [5.74, 6) is 0.0492. The SMILES string of the molecule is Cc1ccc(C(=O)N2CCC(Cl)C2)c(C)n1. The molecule has 0 spiro atoms. The lowest BCUT2D eigenvalue weighted by Crippen LogP contribution is -2.29. The summed E-state index contributed by atoms with van der Waals surface area (Å²) < 4.78 is 0. The van der Waals surface area contributed by atoms with Crippen LogP contribution < -0.4 is 0 Å². The smallest absolute Gasteiger partial charge is 0.255 e. The predicted octanol–water partition coefficient (Wildman–Crippen LogP) is 2.15. The van der Waals surface area contributed by atoms with Crippen molar-refractivity contribution >= 4 is 17.5 Å². The van der Waals surface area contributed by atoms with Crippen LogP contribution in [0.5, 0.6) is 0 Å². The molecular formula is C12H15ClN2O. The average molecular weight is 239 g/mol. The number of pyridine rings is 1. The van der Waals surface area contributed by atoms with Crippen molar-refractivity contribution < 1.29 is 4.79 Å². The molecule has 2 heterocycles. The van der Waals surface area contributed by atoms with E-state index in [0.717, 1.165) is 24.4 Å². The second kappa shape index (κ2) is 4.42. The zero-order chi connectivity index (χ0) is 11.7. The molecule has 1 aromatic heterocycles. The maximum atomic E-state index is 12.2. The molecule has 0 bridgehead atoms. The number of rotatable bonds is 1. The van der Waals surface area contributed by atoms with E-state index in [1.165, 1.54) is 0 Å². The van der Waals surface area contributed by atoms with Crippen LogP contribution in [0.3, 0.4) is 0 Å². The minimum absolute atomic E-state index is 0.0492. The molecule has 1 saturated heterocycles. The molecule has 1 aliphatic rings. The van der Waals surface area contributed by atoms with Gasteiger partial charge in [0.05, 0.1) is 16.6 Å². The molecule has 86 valence electrons. The minimum Gasteiger partial charge on any atom is -0.337 e. The van der Waals surface area contributed by atoms with Crippen LogP contribution in [0.2, 0.25) is 0 Å². The zero-order valence-electron chi connectivity index (χ0n) is 9.53. The number of hydrogen-bond donors (Lipinski definition) is 0. The predicted molar refractivity (Wildman–Crippen MR) is 63.9 cm³/mol. The molecular weight excluding hydrogens is 224 g/mol. The third-order valence-electron chi connectivity index (χ3n) is 2.87. The first-order valence-electron chi connectivity index (χ1n) is 5.45. The third kappa shape index (κ3) is 2.19. The maximum absolute atomic E-state index is 12.2. The van der Waals surface area contributed by atoms with Gasteiger partial charge in [0.15, 0.2) is 0 Å². The van der Waals surface area contributed by atoms with Crippen molar-refractivity contribution in [2.75, 3.05) is 13.1 Å². The topological polar surface area (TPSA) is 33.2 Å². The molecule has 1 unspecified atom stereocenters. The number of hydrogen-bond acceptors (Lipinski definition) is 2. The van der Waals surface area contributed by atoms with Gasteiger partial charge in [0, 0.05) is 18.8 Å². The number of likely N-dealkylation sites (tertiary alicyclic amines) is 1. The maximum Gasteiger partial charge on any atom is 0.255 e. The second-order valence-electron chi connectivity index (χ2n) is 4.22. The number of carbonyl (C=O) groups excluding carboxylic acids is 1. The van der Waals surface area contributed by atoms with Crippen molar-refractivity contribution in [1.29, 1.82) is 0 Å². The van der Waals surface area contributed by atoms with Crippen molar-refractivity contribution in [3.63, 3.8) is 0 Å². The van der Waals surface area contributed by atoms with E-state index in [1.54, 1.807) is 4.90 Å². The van der Waals surface area contributed by atoms with Gasteiger partial charge in [-0.15, -0.1) is 11.6 Å². The Kier molecular flexibility index (Phi) is 3.15. The van der Waals surface area contributed by atoms with E-state index in [0.29, 0.717) is 12.1 Å². The largest absolute Gasteiger partial charge is 0.337 e. The Labute approximate surface area is 100 Å². The lowest BCUT2D eigenvalue weighted by Gasteiger charge is -2.16. The molecule has 2 rings (SSSR count). The van der Waals surface area contributed by atoms with Crippen LogP contribution >= 0.6 is 11.6 Å². The van der Waals surface area contributed by atoms with Gasteiger partial charge >= 0.3 is 0 Å². The Balaban J connectivity index is 2.21. The summed E-state index contributed by atoms with van der Waals surface area (Å²) in [6.07, 6.45) is 0.881. The van der Waals surface area contributed by atoms with Gasteiger partial charge in [-0.2, -0.15) is 0 Å². The molecule has 1 fully saturated rings. The van der Waals surface area contributed by atoms with Crippen molar-refractivity contribution in [2.45, 2.75) is 25.6 Å². The first kappa shape index (κ1) is 11.4. The molecule has 1 aliphatic heterocycles. The van der Waals surface area contributed by atoms with Gasteiger partial charge in [-0.3, -0.25) is 9.78 Å². The summed E-state index contributed by atoms with van der Waals surface area (Å²) >= 11 is 5.99. The number of amides is 1. The van der Waals surface area contributed by atoms with Crippen LogP contribution in [0.25, 0.3) is 0 Å². The average Bonchev–Trinajstić information content (AvgIpc) is 2.64. The monoisotopic (exact) mass is 238 g/mol. The number of halogens is 1. The lowest BCUT2D eigenvalue weighted by atomic mass is 10.1. The van der Waals surface area contributed by atoms with E-state index >= 15 is 0 Å². The zero-order valence-corrected chi connectivity index (χ0v) is 10.3. The number of aryl methyl sites for hydroxylation is 2. The number of alkyl halides is 1. The van der Waals surface area contributed by atoms with Gasteiger partial charge in [-0.25, -0.2) is 0 Å². The van der Waals surface area contributed by atoms with Crippen molar-refractivity contribution in [3.8, 4) is 0 Å². The van der Waals surface area contributed by atoms with E-state index < -0.39 is 0 Å². The van der Waals surface area contributed by atoms with Crippen molar-refractivity contribution in [3.05, 3.63) is 29.1 Å². The molecule has 0 radical (unpaired) electrons. The van der Waals surface area contributed by atoms with Crippen LogP contribution in [0.1, 0.15) is 28.2 Å². The van der Waals surface area contributed by atoms with Crippen LogP contribution in [-0.4, -0.2) is 34.3 Å². The molecule has 16 heavy (non-hydrogen) atoms. The van der Waals surface area contributed by atoms with Crippen LogP contribution in [0, 0.1) is 13.8 Å². The Hall–Kier alpha value is -1.09. The summed E-state index contributed by atoms with van der Waals surface area (Å²) in [5.41, 5.74) is 2.42. The third-order valence-corrected chi connectivity index (χ3v) is 3.23. The normalized spacial score (nSPS) is 20.2. The van der Waals surface area contributed by atoms with Crippen molar-refractivity contribution in [1.82, 2.24) is 9.88 Å². The summed E-state index contributed by atoms with van der Waals surface area (Å²) in [4.78, 5) is 18.3. The molecule has 0 saturated carbocycles. The Morgan fingerprint density at radius 1 is 1.50 bits per heavy atom. The molecule has 0 aromatic carbocycles. The van der Waals surface area contributed by atoms with Gasteiger partial charge < -0.3 is 4.90 Å². The van der Waals surface area contributed by atoms with Crippen LogP contribution in [0.15, 0.2) is 12.1 Å². The van der Waals surface area contributed by atoms with E-state index in [-0.39, 0.29) is 11.3 Å². The van der Waals surface area contributed by atoms with Crippen molar-refractivity contribution in [2.24, 2.45) is 0 Å². The van der Waals surface area contributed by atoms with E-state index in [4.69, 9.17) is 11.6 Å². The Morgan fingerprint density at radius 3 is 2.81 bits per heavy atom. The van der Waals surface area contributed by atoms with Crippen LogP contribution in [0.4, 0.5) is 0 Å². The van der Waals surface area contributed by atoms with Crippen LogP contribution in [-0.2, 0) is 0 Å². The highest BCUT2D eigenvalue weighted by Gasteiger charge is 2.26. The van der Waals surface area contributed by atoms with Gasteiger partial charge in [0.1, 0.15) is 0 Å². The summed E-state index contributed by atoms with van der Waals surface area (Å²) in [6.45, 7) is 5.19. The molecule has 3 nitrogen and oxygen atoms in total. The minimum atomic E-state index is 0.0492. The highest BCUT2D eigenvalue weighted by Crippen LogP contribution is 2.18. The molecule has 4 heteroatoms. The van der Waals surface area contributed by atoms with Gasteiger partial charge in [-0.05, 0) is 32.4 Å². The summed E-state index contributed by atoms with van der Waals surface area (Å²) in [6, 6.07) is 3.72. The first-order valence-corrected chi connectivity index (χ1v) is 5.89. The van der Waals surface area contributed by atoms with Gasteiger partial charge in [-0.1, -0.05) is 0 Å². The molecule has 0 aliphatic carbocycles. The number of nitrogens with zero attached hydrogens (tertiary/aromatic N) is 2. The fourth-order valence-electron chi connectivity index (χ4n) is 1.99. The van der Waals surface area contributed by atoms with E-state index in [9.17, 15) is 4.79 Å². The molecule has 0 N–H and O–H groups in total. The van der Waals surface area contributed by atoms with Gasteiger partial charge in [0.25, 0.3) is 5.91 Å². The van der Waals surface area contributed by atoms with E-state index in [2.05, 4.69) is 4.98 Å². The highest BCUT2D eigenvalue weighted by molar-refractivity contribution is 6.21.